The van der Waals surface area contributed by atoms with Gasteiger partial charge in [-0.05, 0) is 58.9 Å². The zero-order chi connectivity index (χ0) is 10.4. The molecule has 0 amide bonds. The van der Waals surface area contributed by atoms with Gasteiger partial charge >= 0.3 is 0 Å². The third-order valence-electron chi connectivity index (χ3n) is 2.94. The lowest BCUT2D eigenvalue weighted by Gasteiger charge is -2.31. The summed E-state index contributed by atoms with van der Waals surface area (Å²) in [6, 6.07) is 0. The van der Waals surface area contributed by atoms with Gasteiger partial charge in [0, 0.05) is 13.2 Å². The number of hydrogen-bond acceptors (Lipinski definition) is 3. The van der Waals surface area contributed by atoms with Crippen LogP contribution in [-0.2, 0) is 0 Å². The summed E-state index contributed by atoms with van der Waals surface area (Å²) in [7, 11) is 4.24. The maximum Gasteiger partial charge on any atom is 0.0471 e. The Morgan fingerprint density at radius 1 is 1.43 bits per heavy atom. The lowest BCUT2D eigenvalue weighted by molar-refractivity contribution is 0.118. The quantitative estimate of drug-likeness (QED) is 0.705. The monoisotopic (exact) mass is 200 g/mol. The van der Waals surface area contributed by atoms with Crippen LogP contribution in [0.4, 0.5) is 0 Å². The van der Waals surface area contributed by atoms with Gasteiger partial charge in [0.2, 0.25) is 0 Å². The maximum atomic E-state index is 9.09. The van der Waals surface area contributed by atoms with Gasteiger partial charge in [-0.3, -0.25) is 0 Å². The minimum Gasteiger partial charge on any atom is -0.396 e. The van der Waals surface area contributed by atoms with E-state index in [1.54, 1.807) is 0 Å². The summed E-state index contributed by atoms with van der Waals surface area (Å²) in [6.45, 7) is 5.05. The van der Waals surface area contributed by atoms with E-state index in [2.05, 4.69) is 23.9 Å². The Hall–Kier alpha value is -0.120. The second-order valence-corrected chi connectivity index (χ2v) is 4.65. The standard InChI is InChI=1S/C11H24N2O/c1-12(2)6-4-8-13-7-3-5-11(9-13)10-14/h11,14H,3-10H2,1-2H3. The first-order chi connectivity index (χ1) is 6.72. The number of likely N-dealkylation sites (tertiary alicyclic amines) is 1. The summed E-state index contributed by atoms with van der Waals surface area (Å²) >= 11 is 0. The summed E-state index contributed by atoms with van der Waals surface area (Å²) < 4.78 is 0. The van der Waals surface area contributed by atoms with Gasteiger partial charge in [-0.1, -0.05) is 0 Å². The van der Waals surface area contributed by atoms with Crippen LogP contribution in [0.1, 0.15) is 19.3 Å². The normalized spacial score (nSPS) is 24.4. The van der Waals surface area contributed by atoms with E-state index in [1.807, 2.05) is 0 Å². The van der Waals surface area contributed by atoms with E-state index in [0.717, 1.165) is 6.54 Å². The van der Waals surface area contributed by atoms with Crippen LogP contribution >= 0.6 is 0 Å². The Balaban J connectivity index is 2.11. The zero-order valence-corrected chi connectivity index (χ0v) is 9.58. The van der Waals surface area contributed by atoms with E-state index >= 15 is 0 Å². The highest BCUT2D eigenvalue weighted by molar-refractivity contribution is 4.72. The van der Waals surface area contributed by atoms with Crippen molar-refractivity contribution in [3.05, 3.63) is 0 Å². The predicted molar refractivity (Wildman–Crippen MR) is 59.4 cm³/mol. The first kappa shape index (κ1) is 12.0. The molecule has 84 valence electrons. The van der Waals surface area contributed by atoms with Crippen molar-refractivity contribution in [1.29, 1.82) is 0 Å². The van der Waals surface area contributed by atoms with E-state index in [9.17, 15) is 0 Å². The summed E-state index contributed by atoms with van der Waals surface area (Å²) in [4.78, 5) is 4.72. The highest BCUT2D eigenvalue weighted by Crippen LogP contribution is 2.15. The third-order valence-corrected chi connectivity index (χ3v) is 2.94. The van der Waals surface area contributed by atoms with Crippen LogP contribution in [0.2, 0.25) is 0 Å². The first-order valence-electron chi connectivity index (χ1n) is 5.70. The molecule has 0 aliphatic carbocycles. The Bertz CT molecular complexity index is 150. The SMILES string of the molecule is CN(C)CCCN1CCCC(CO)C1. The largest absolute Gasteiger partial charge is 0.396 e. The van der Waals surface area contributed by atoms with E-state index in [0.29, 0.717) is 12.5 Å². The van der Waals surface area contributed by atoms with E-state index in [-0.39, 0.29) is 0 Å². The minimum absolute atomic E-state index is 0.365. The average molecular weight is 200 g/mol. The van der Waals surface area contributed by atoms with Crippen molar-refractivity contribution in [3.8, 4) is 0 Å². The van der Waals surface area contributed by atoms with Gasteiger partial charge in [0.1, 0.15) is 0 Å². The Labute approximate surface area is 87.7 Å². The predicted octanol–water partition coefficient (Wildman–Crippen LogP) is 0.642. The molecule has 1 aliphatic rings. The van der Waals surface area contributed by atoms with Crippen molar-refractivity contribution in [3.63, 3.8) is 0 Å². The lowest BCUT2D eigenvalue weighted by Crippen LogP contribution is -2.38. The van der Waals surface area contributed by atoms with Crippen molar-refractivity contribution in [2.24, 2.45) is 5.92 Å². The van der Waals surface area contributed by atoms with Gasteiger partial charge in [0.15, 0.2) is 0 Å². The van der Waals surface area contributed by atoms with Crippen LogP contribution in [0, 0.1) is 5.92 Å². The van der Waals surface area contributed by atoms with Gasteiger partial charge in [0.05, 0.1) is 0 Å². The van der Waals surface area contributed by atoms with Crippen LogP contribution in [0.15, 0.2) is 0 Å². The molecule has 3 nitrogen and oxygen atoms in total. The fourth-order valence-electron chi connectivity index (χ4n) is 2.11. The third kappa shape index (κ3) is 4.40. The second kappa shape index (κ2) is 6.38. The van der Waals surface area contributed by atoms with Crippen molar-refractivity contribution < 1.29 is 5.11 Å². The van der Waals surface area contributed by atoms with Crippen molar-refractivity contribution in [1.82, 2.24) is 9.80 Å². The Morgan fingerprint density at radius 3 is 2.86 bits per heavy atom. The molecule has 0 saturated carbocycles. The number of hydrogen-bond donors (Lipinski definition) is 1. The molecule has 1 fully saturated rings. The summed E-state index contributed by atoms with van der Waals surface area (Å²) in [6.07, 6.45) is 3.71. The molecule has 0 bridgehead atoms. The minimum atomic E-state index is 0.365. The number of aliphatic hydroxyl groups excluding tert-OH is 1. The fourth-order valence-corrected chi connectivity index (χ4v) is 2.11. The molecule has 0 spiro atoms. The molecule has 1 unspecified atom stereocenters. The Morgan fingerprint density at radius 2 is 2.21 bits per heavy atom. The summed E-state index contributed by atoms with van der Waals surface area (Å²) in [5, 5.41) is 9.09. The van der Waals surface area contributed by atoms with Gasteiger partial charge in [-0.15, -0.1) is 0 Å². The molecule has 0 radical (unpaired) electrons. The van der Waals surface area contributed by atoms with E-state index in [1.165, 1.54) is 38.9 Å². The molecule has 1 heterocycles. The second-order valence-electron chi connectivity index (χ2n) is 4.65. The molecule has 0 aromatic heterocycles. The van der Waals surface area contributed by atoms with Gasteiger partial charge in [0.25, 0.3) is 0 Å². The summed E-state index contributed by atoms with van der Waals surface area (Å²) in [5.41, 5.74) is 0. The van der Waals surface area contributed by atoms with Crippen LogP contribution < -0.4 is 0 Å². The smallest absolute Gasteiger partial charge is 0.0471 e. The van der Waals surface area contributed by atoms with Crippen LogP contribution in [0.5, 0.6) is 0 Å². The van der Waals surface area contributed by atoms with E-state index < -0.39 is 0 Å². The summed E-state index contributed by atoms with van der Waals surface area (Å²) in [5.74, 6) is 0.531. The molecule has 1 saturated heterocycles. The molecule has 1 aliphatic heterocycles. The molecular formula is C11H24N2O. The topological polar surface area (TPSA) is 26.7 Å². The molecule has 3 heteroatoms. The van der Waals surface area contributed by atoms with Crippen molar-refractivity contribution in [2.45, 2.75) is 19.3 Å². The number of piperidine rings is 1. The van der Waals surface area contributed by atoms with Crippen LogP contribution in [0.3, 0.4) is 0 Å². The van der Waals surface area contributed by atoms with Crippen molar-refractivity contribution in [2.75, 3.05) is 46.9 Å². The average Bonchev–Trinajstić information content (AvgIpc) is 2.18. The zero-order valence-electron chi connectivity index (χ0n) is 9.58. The number of aliphatic hydroxyl groups is 1. The van der Waals surface area contributed by atoms with Crippen LogP contribution in [-0.4, -0.2) is 61.8 Å². The molecule has 14 heavy (non-hydrogen) atoms. The fraction of sp³-hybridized carbons (Fsp3) is 1.00. The van der Waals surface area contributed by atoms with E-state index in [4.69, 9.17) is 5.11 Å². The molecule has 0 aromatic carbocycles. The molecule has 1 N–H and O–H groups in total. The van der Waals surface area contributed by atoms with Gasteiger partial charge < -0.3 is 14.9 Å². The van der Waals surface area contributed by atoms with Gasteiger partial charge in [-0.25, -0.2) is 0 Å². The molecular weight excluding hydrogens is 176 g/mol. The number of nitrogens with zero attached hydrogens (tertiary/aromatic N) is 2. The van der Waals surface area contributed by atoms with Crippen LogP contribution in [0.25, 0.3) is 0 Å². The molecule has 1 atom stereocenters. The first-order valence-corrected chi connectivity index (χ1v) is 5.70. The Kier molecular flexibility index (Phi) is 5.45. The highest BCUT2D eigenvalue weighted by atomic mass is 16.3. The maximum absolute atomic E-state index is 9.09. The molecule has 1 rings (SSSR count). The highest BCUT2D eigenvalue weighted by Gasteiger charge is 2.18. The van der Waals surface area contributed by atoms with Gasteiger partial charge in [-0.2, -0.15) is 0 Å². The number of rotatable bonds is 5. The lowest BCUT2D eigenvalue weighted by atomic mass is 9.99. The molecule has 0 aromatic rings. The van der Waals surface area contributed by atoms with Crippen molar-refractivity contribution >= 4 is 0 Å².